The van der Waals surface area contributed by atoms with Gasteiger partial charge in [0.25, 0.3) is 0 Å². The van der Waals surface area contributed by atoms with Crippen LogP contribution in [0, 0.1) is 11.3 Å². The van der Waals surface area contributed by atoms with Gasteiger partial charge in [-0.3, -0.25) is 0 Å². The predicted molar refractivity (Wildman–Crippen MR) is 63.5 cm³/mol. The van der Waals surface area contributed by atoms with E-state index in [1.165, 1.54) is 6.08 Å². The highest BCUT2D eigenvalue weighted by Gasteiger charge is 2.05. The second kappa shape index (κ2) is 6.33. The number of rotatable bonds is 5. The van der Waals surface area contributed by atoms with Gasteiger partial charge < -0.3 is 9.84 Å². The van der Waals surface area contributed by atoms with Crippen LogP contribution in [-0.4, -0.2) is 17.7 Å². The van der Waals surface area contributed by atoms with Crippen LogP contribution in [0.25, 0.3) is 6.08 Å². The molecule has 1 aromatic carbocycles. The van der Waals surface area contributed by atoms with Crippen LogP contribution in [0.1, 0.15) is 18.9 Å². The largest absolute Gasteiger partial charge is 0.494 e. The van der Waals surface area contributed by atoms with E-state index < -0.39 is 5.97 Å². The molecule has 0 amide bonds. The van der Waals surface area contributed by atoms with E-state index >= 15 is 0 Å². The van der Waals surface area contributed by atoms with Crippen LogP contribution in [0.2, 0.25) is 0 Å². The van der Waals surface area contributed by atoms with Crippen molar-refractivity contribution in [2.45, 2.75) is 13.3 Å². The molecule has 0 saturated carbocycles. The van der Waals surface area contributed by atoms with Crippen molar-refractivity contribution in [3.8, 4) is 11.8 Å². The number of ether oxygens (including phenoxy) is 1. The molecule has 4 heteroatoms. The van der Waals surface area contributed by atoms with Gasteiger partial charge in [0.05, 0.1) is 6.61 Å². The van der Waals surface area contributed by atoms with Crippen molar-refractivity contribution >= 4 is 12.0 Å². The van der Waals surface area contributed by atoms with E-state index in [-0.39, 0.29) is 5.57 Å². The van der Waals surface area contributed by atoms with Gasteiger partial charge >= 0.3 is 5.97 Å². The lowest BCUT2D eigenvalue weighted by Gasteiger charge is -2.04. The first-order chi connectivity index (χ1) is 8.17. The fourth-order valence-electron chi connectivity index (χ4n) is 1.19. The van der Waals surface area contributed by atoms with Crippen LogP contribution < -0.4 is 4.74 Å². The second-order valence-electron chi connectivity index (χ2n) is 3.39. The van der Waals surface area contributed by atoms with Crippen LogP contribution >= 0.6 is 0 Å². The number of nitriles is 1. The van der Waals surface area contributed by atoms with Gasteiger partial charge in [-0.05, 0) is 30.2 Å². The molecule has 0 aliphatic carbocycles. The Hall–Kier alpha value is -2.28. The predicted octanol–water partition coefficient (Wildman–Crippen LogP) is 2.47. The van der Waals surface area contributed by atoms with Crippen LogP contribution in [0.4, 0.5) is 0 Å². The summed E-state index contributed by atoms with van der Waals surface area (Å²) in [4.78, 5) is 10.6. The van der Waals surface area contributed by atoms with Crippen molar-refractivity contribution in [3.05, 3.63) is 35.4 Å². The maximum Gasteiger partial charge on any atom is 0.346 e. The van der Waals surface area contributed by atoms with Gasteiger partial charge in [-0.15, -0.1) is 0 Å². The lowest BCUT2D eigenvalue weighted by Crippen LogP contribution is -1.97. The third-order valence-corrected chi connectivity index (χ3v) is 2.01. The molecule has 0 aliphatic rings. The maximum absolute atomic E-state index is 10.6. The summed E-state index contributed by atoms with van der Waals surface area (Å²) < 4.78 is 5.39. The van der Waals surface area contributed by atoms with E-state index in [0.717, 1.165) is 12.2 Å². The van der Waals surface area contributed by atoms with Gasteiger partial charge in [0.2, 0.25) is 0 Å². The molecule has 0 spiro atoms. The number of hydrogen-bond acceptors (Lipinski definition) is 3. The summed E-state index contributed by atoms with van der Waals surface area (Å²) in [7, 11) is 0. The molecule has 0 saturated heterocycles. The van der Waals surface area contributed by atoms with Crippen molar-refractivity contribution in [2.24, 2.45) is 0 Å². The van der Waals surface area contributed by atoms with Crippen molar-refractivity contribution in [1.29, 1.82) is 5.26 Å². The minimum absolute atomic E-state index is 0.285. The van der Waals surface area contributed by atoms with Gasteiger partial charge in [0, 0.05) is 0 Å². The highest BCUT2D eigenvalue weighted by Crippen LogP contribution is 2.14. The Morgan fingerprint density at radius 1 is 1.47 bits per heavy atom. The monoisotopic (exact) mass is 231 g/mol. The first-order valence-corrected chi connectivity index (χ1v) is 5.25. The number of aliphatic carboxylic acids is 1. The average molecular weight is 231 g/mol. The van der Waals surface area contributed by atoms with Crippen LogP contribution in [0.15, 0.2) is 29.8 Å². The quantitative estimate of drug-likeness (QED) is 0.624. The number of carboxylic acids is 1. The van der Waals surface area contributed by atoms with E-state index in [4.69, 9.17) is 15.1 Å². The van der Waals surface area contributed by atoms with E-state index in [2.05, 4.69) is 0 Å². The molecule has 1 aromatic rings. The molecule has 0 unspecified atom stereocenters. The average Bonchev–Trinajstić information content (AvgIpc) is 2.34. The fourth-order valence-corrected chi connectivity index (χ4v) is 1.19. The van der Waals surface area contributed by atoms with E-state index in [1.807, 2.05) is 6.92 Å². The van der Waals surface area contributed by atoms with Crippen molar-refractivity contribution in [3.63, 3.8) is 0 Å². The standard InChI is InChI=1S/C13H13NO3/c1-2-7-17-12-5-3-10(4-6-12)8-11(9-14)13(15)16/h3-6,8H,2,7H2,1H3,(H,15,16)/b11-8+. The number of benzene rings is 1. The van der Waals surface area contributed by atoms with Crippen molar-refractivity contribution in [1.82, 2.24) is 0 Å². The van der Waals surface area contributed by atoms with Crippen molar-refractivity contribution in [2.75, 3.05) is 6.61 Å². The summed E-state index contributed by atoms with van der Waals surface area (Å²) in [6, 6.07) is 8.55. The van der Waals surface area contributed by atoms with Crippen molar-refractivity contribution < 1.29 is 14.6 Å². The molecule has 0 radical (unpaired) electrons. The molecular weight excluding hydrogens is 218 g/mol. The molecular formula is C13H13NO3. The fraction of sp³-hybridized carbons (Fsp3) is 0.231. The Kier molecular flexibility index (Phi) is 4.77. The van der Waals surface area contributed by atoms with Crippen LogP contribution in [0.3, 0.4) is 0 Å². The lowest BCUT2D eigenvalue weighted by atomic mass is 10.1. The van der Waals surface area contributed by atoms with Gasteiger partial charge in [-0.2, -0.15) is 5.26 Å². The third kappa shape index (κ3) is 3.99. The minimum atomic E-state index is -1.22. The summed E-state index contributed by atoms with van der Waals surface area (Å²) in [6.45, 7) is 2.66. The zero-order valence-corrected chi connectivity index (χ0v) is 9.51. The number of carboxylic acid groups (broad SMARTS) is 1. The SMILES string of the molecule is CCCOc1ccc(/C=C(\C#N)C(=O)O)cc1. The van der Waals surface area contributed by atoms with E-state index in [0.29, 0.717) is 12.2 Å². The summed E-state index contributed by atoms with van der Waals surface area (Å²) in [6.07, 6.45) is 2.26. The zero-order chi connectivity index (χ0) is 12.7. The molecule has 0 aliphatic heterocycles. The Morgan fingerprint density at radius 2 is 2.12 bits per heavy atom. The third-order valence-electron chi connectivity index (χ3n) is 2.01. The smallest absolute Gasteiger partial charge is 0.346 e. The molecule has 0 atom stereocenters. The highest BCUT2D eigenvalue weighted by atomic mass is 16.5. The summed E-state index contributed by atoms with van der Waals surface area (Å²) in [5.74, 6) is -0.489. The highest BCUT2D eigenvalue weighted by molar-refractivity contribution is 5.96. The molecule has 1 N–H and O–H groups in total. The number of carbonyl (C=O) groups is 1. The first-order valence-electron chi connectivity index (χ1n) is 5.25. The number of hydrogen-bond donors (Lipinski definition) is 1. The zero-order valence-electron chi connectivity index (χ0n) is 9.51. The summed E-state index contributed by atoms with van der Waals surface area (Å²) in [5, 5.41) is 17.3. The molecule has 0 heterocycles. The maximum atomic E-state index is 10.6. The van der Waals surface area contributed by atoms with Gasteiger partial charge in [-0.1, -0.05) is 19.1 Å². The van der Waals surface area contributed by atoms with E-state index in [1.54, 1.807) is 30.3 Å². The van der Waals surface area contributed by atoms with Crippen LogP contribution in [-0.2, 0) is 4.79 Å². The molecule has 1 rings (SSSR count). The normalized spacial score (nSPS) is 10.7. The van der Waals surface area contributed by atoms with Gasteiger partial charge in [0.1, 0.15) is 17.4 Å². The minimum Gasteiger partial charge on any atom is -0.494 e. The van der Waals surface area contributed by atoms with Crippen LogP contribution in [0.5, 0.6) is 5.75 Å². The Balaban J connectivity index is 2.81. The second-order valence-corrected chi connectivity index (χ2v) is 3.39. The summed E-state index contributed by atoms with van der Waals surface area (Å²) in [5.41, 5.74) is 0.375. The molecule has 0 fully saturated rings. The first kappa shape index (κ1) is 12.8. The number of nitrogens with zero attached hydrogens (tertiary/aromatic N) is 1. The molecule has 0 aromatic heterocycles. The molecule has 88 valence electrons. The van der Waals surface area contributed by atoms with E-state index in [9.17, 15) is 4.79 Å². The van der Waals surface area contributed by atoms with Gasteiger partial charge in [-0.25, -0.2) is 4.79 Å². The van der Waals surface area contributed by atoms with Gasteiger partial charge in [0.15, 0.2) is 0 Å². The molecule has 17 heavy (non-hydrogen) atoms. The lowest BCUT2D eigenvalue weighted by molar-refractivity contribution is -0.132. The topological polar surface area (TPSA) is 70.3 Å². The Labute approximate surface area is 99.8 Å². The molecule has 4 nitrogen and oxygen atoms in total. The Bertz CT molecular complexity index is 455. The summed E-state index contributed by atoms with van der Waals surface area (Å²) >= 11 is 0. The molecule has 0 bridgehead atoms. The Morgan fingerprint density at radius 3 is 2.59 bits per heavy atom.